The maximum absolute atomic E-state index is 12.4. The second-order valence-electron chi connectivity index (χ2n) is 7.18. The topological polar surface area (TPSA) is 92.4 Å². The zero-order valence-corrected chi connectivity index (χ0v) is 18.1. The van der Waals surface area contributed by atoms with E-state index in [1.807, 2.05) is 44.2 Å². The summed E-state index contributed by atoms with van der Waals surface area (Å²) in [5.74, 6) is 0.289. The highest BCUT2D eigenvalue weighted by Gasteiger charge is 2.34. The van der Waals surface area contributed by atoms with E-state index < -0.39 is 6.04 Å². The smallest absolute Gasteiger partial charge is 0.222 e. The Bertz CT molecular complexity index is 977. The number of anilines is 1. The maximum Gasteiger partial charge on any atom is 0.222 e. The van der Waals surface area contributed by atoms with Gasteiger partial charge < -0.3 is 5.32 Å². The van der Waals surface area contributed by atoms with Gasteiger partial charge in [0, 0.05) is 22.5 Å². The second-order valence-corrected chi connectivity index (χ2v) is 8.39. The molecule has 1 aromatic heterocycles. The van der Waals surface area contributed by atoms with Gasteiger partial charge in [0.1, 0.15) is 22.7 Å². The molecule has 6 nitrogen and oxygen atoms in total. The minimum absolute atomic E-state index is 0.0892. The summed E-state index contributed by atoms with van der Waals surface area (Å²) in [6, 6.07) is 9.23. The fourth-order valence-electron chi connectivity index (χ4n) is 3.39. The number of thiophene rings is 1. The maximum atomic E-state index is 12.4. The second kappa shape index (κ2) is 8.69. The number of carbonyl (C=O) groups is 1. The normalized spacial score (nSPS) is 16.1. The molecule has 0 aliphatic carbocycles. The van der Waals surface area contributed by atoms with Crippen LogP contribution in [0, 0.1) is 24.7 Å². The molecule has 0 spiro atoms. The Labute approximate surface area is 175 Å². The average Bonchev–Trinajstić information content (AvgIpc) is 2.91. The van der Waals surface area contributed by atoms with Gasteiger partial charge in [-0.05, 0) is 32.8 Å². The number of rotatable bonds is 5. The van der Waals surface area contributed by atoms with Gasteiger partial charge in [0.2, 0.25) is 5.91 Å². The SMILES string of the molecule is CCCNC(=O)C[C@@H]1N=C(c2ccccc2)c2c(sc(C)c2C)N(C(C)=N)C1=N. The standard InChI is InChI=1S/C22H27N5OS/c1-5-11-25-18(28)12-17-21(24)27(15(4)23)22-19(13(2)14(3)29-22)20(26-17)16-9-7-6-8-10-16/h6-10,17,23-24H,5,11-12H2,1-4H3,(H,25,28)/t17-/m0/s1. The van der Waals surface area contributed by atoms with Crippen molar-refractivity contribution in [1.82, 2.24) is 5.32 Å². The van der Waals surface area contributed by atoms with Crippen molar-refractivity contribution in [1.29, 1.82) is 10.8 Å². The molecule has 3 N–H and O–H groups in total. The van der Waals surface area contributed by atoms with E-state index in [4.69, 9.17) is 15.8 Å². The van der Waals surface area contributed by atoms with Crippen LogP contribution in [0.2, 0.25) is 0 Å². The molecule has 0 radical (unpaired) electrons. The summed E-state index contributed by atoms with van der Waals surface area (Å²) in [6.45, 7) is 8.38. The van der Waals surface area contributed by atoms with Gasteiger partial charge in [0.25, 0.3) is 0 Å². The van der Waals surface area contributed by atoms with Crippen LogP contribution in [0.25, 0.3) is 0 Å². The third-order valence-electron chi connectivity index (χ3n) is 4.98. The lowest BCUT2D eigenvalue weighted by molar-refractivity contribution is -0.121. The molecule has 7 heteroatoms. The number of hydrogen-bond donors (Lipinski definition) is 3. The average molecular weight is 410 g/mol. The molecule has 152 valence electrons. The van der Waals surface area contributed by atoms with Crippen molar-refractivity contribution in [3.63, 3.8) is 0 Å². The van der Waals surface area contributed by atoms with Crippen molar-refractivity contribution in [2.75, 3.05) is 11.4 Å². The Morgan fingerprint density at radius 1 is 1.28 bits per heavy atom. The summed E-state index contributed by atoms with van der Waals surface area (Å²) in [7, 11) is 0. The van der Waals surface area contributed by atoms with E-state index in [0.29, 0.717) is 6.54 Å². The highest BCUT2D eigenvalue weighted by atomic mass is 32.1. The number of nitrogens with zero attached hydrogens (tertiary/aromatic N) is 2. The predicted octanol–water partition coefficient (Wildman–Crippen LogP) is 4.28. The Kier molecular flexibility index (Phi) is 6.27. The lowest BCUT2D eigenvalue weighted by Gasteiger charge is -2.24. The summed E-state index contributed by atoms with van der Waals surface area (Å²) in [5.41, 5.74) is 3.78. The van der Waals surface area contributed by atoms with Crippen molar-refractivity contribution in [2.24, 2.45) is 4.99 Å². The summed E-state index contributed by atoms with van der Waals surface area (Å²) < 4.78 is 0. The molecule has 2 aromatic rings. The number of amides is 1. The first-order chi connectivity index (χ1) is 13.8. The molecule has 0 saturated heterocycles. The lowest BCUT2D eigenvalue weighted by Crippen LogP contribution is -2.42. The highest BCUT2D eigenvalue weighted by molar-refractivity contribution is 7.17. The molecule has 0 fully saturated rings. The molecule has 1 aliphatic rings. The van der Waals surface area contributed by atoms with Gasteiger partial charge in [-0.25, -0.2) is 0 Å². The number of aryl methyl sites for hydroxylation is 1. The molecule has 29 heavy (non-hydrogen) atoms. The molecule has 1 amide bonds. The summed E-state index contributed by atoms with van der Waals surface area (Å²) in [6.07, 6.45) is 0.944. The van der Waals surface area contributed by atoms with Crippen LogP contribution in [-0.4, -0.2) is 35.9 Å². The van der Waals surface area contributed by atoms with E-state index in [-0.39, 0.29) is 24.0 Å². The van der Waals surface area contributed by atoms with Gasteiger partial charge in [-0.2, -0.15) is 0 Å². The van der Waals surface area contributed by atoms with E-state index >= 15 is 0 Å². The number of benzene rings is 1. The Balaban J connectivity index is 2.17. The number of hydrogen-bond acceptors (Lipinski definition) is 5. The Morgan fingerprint density at radius 3 is 2.59 bits per heavy atom. The summed E-state index contributed by atoms with van der Waals surface area (Å²) >= 11 is 1.57. The zero-order chi connectivity index (χ0) is 21.1. The van der Waals surface area contributed by atoms with Crippen LogP contribution in [0.15, 0.2) is 35.3 Å². The van der Waals surface area contributed by atoms with Crippen LogP contribution in [0.5, 0.6) is 0 Å². The molecule has 1 aliphatic heterocycles. The quantitative estimate of drug-likeness (QED) is 0.508. The molecule has 0 saturated carbocycles. The largest absolute Gasteiger partial charge is 0.356 e. The molecule has 0 bridgehead atoms. The highest BCUT2D eigenvalue weighted by Crippen LogP contribution is 2.40. The van der Waals surface area contributed by atoms with Crippen LogP contribution in [0.1, 0.15) is 48.3 Å². The summed E-state index contributed by atoms with van der Waals surface area (Å²) in [4.78, 5) is 20.1. The third kappa shape index (κ3) is 4.15. The van der Waals surface area contributed by atoms with E-state index in [1.54, 1.807) is 23.2 Å². The van der Waals surface area contributed by atoms with Crippen LogP contribution in [-0.2, 0) is 4.79 Å². The van der Waals surface area contributed by atoms with Gasteiger partial charge in [0.05, 0.1) is 12.1 Å². The minimum Gasteiger partial charge on any atom is -0.356 e. The van der Waals surface area contributed by atoms with Crippen molar-refractivity contribution >= 4 is 39.6 Å². The van der Waals surface area contributed by atoms with Crippen LogP contribution < -0.4 is 10.2 Å². The van der Waals surface area contributed by atoms with E-state index in [2.05, 4.69) is 12.2 Å². The van der Waals surface area contributed by atoms with E-state index in [1.165, 1.54) is 0 Å². The van der Waals surface area contributed by atoms with Crippen LogP contribution >= 0.6 is 11.3 Å². The molecule has 3 rings (SSSR count). The predicted molar refractivity (Wildman–Crippen MR) is 121 cm³/mol. The van der Waals surface area contributed by atoms with Crippen molar-refractivity contribution in [3.8, 4) is 0 Å². The molecular weight excluding hydrogens is 382 g/mol. The Morgan fingerprint density at radius 2 is 1.97 bits per heavy atom. The molecule has 0 unspecified atom stereocenters. The molecule has 1 aromatic carbocycles. The number of nitrogens with one attached hydrogen (secondary N) is 3. The first-order valence-corrected chi connectivity index (χ1v) is 10.6. The van der Waals surface area contributed by atoms with Gasteiger partial charge in [-0.3, -0.25) is 25.5 Å². The third-order valence-corrected chi connectivity index (χ3v) is 6.17. The van der Waals surface area contributed by atoms with Gasteiger partial charge in [0.15, 0.2) is 0 Å². The van der Waals surface area contributed by atoms with Crippen molar-refractivity contribution in [2.45, 2.75) is 46.6 Å². The van der Waals surface area contributed by atoms with Gasteiger partial charge in [-0.1, -0.05) is 37.3 Å². The van der Waals surface area contributed by atoms with Crippen molar-refractivity contribution in [3.05, 3.63) is 51.9 Å². The lowest BCUT2D eigenvalue weighted by atomic mass is 10.00. The van der Waals surface area contributed by atoms with E-state index in [9.17, 15) is 4.79 Å². The fourth-order valence-corrected chi connectivity index (χ4v) is 4.61. The number of aliphatic imine (C=N–C) groups is 1. The number of carbonyl (C=O) groups excluding carboxylic acids is 1. The number of fused-ring (bicyclic) bond motifs is 1. The minimum atomic E-state index is -0.651. The van der Waals surface area contributed by atoms with Gasteiger partial charge >= 0.3 is 0 Å². The van der Waals surface area contributed by atoms with E-state index in [0.717, 1.165) is 38.7 Å². The molecule has 2 heterocycles. The molecule has 1 atom stereocenters. The monoisotopic (exact) mass is 409 g/mol. The first kappa shape index (κ1) is 20.9. The first-order valence-electron chi connectivity index (χ1n) is 9.79. The van der Waals surface area contributed by atoms with Crippen LogP contribution in [0.4, 0.5) is 5.00 Å². The Hall–Kier alpha value is -2.80. The fraction of sp³-hybridized carbons (Fsp3) is 0.364. The van der Waals surface area contributed by atoms with Gasteiger partial charge in [-0.15, -0.1) is 11.3 Å². The molecular formula is C22H27N5OS. The van der Waals surface area contributed by atoms with Crippen LogP contribution in [0.3, 0.4) is 0 Å². The summed E-state index contributed by atoms with van der Waals surface area (Å²) in [5, 5.41) is 20.8. The number of amidine groups is 2. The van der Waals surface area contributed by atoms with Crippen molar-refractivity contribution < 1.29 is 4.79 Å². The zero-order valence-electron chi connectivity index (χ0n) is 17.3.